The molecule has 1 aliphatic rings. The van der Waals surface area contributed by atoms with Crippen molar-refractivity contribution < 1.29 is 0 Å². The van der Waals surface area contributed by atoms with Crippen molar-refractivity contribution in [1.82, 2.24) is 14.7 Å². The molecule has 0 radical (unpaired) electrons. The van der Waals surface area contributed by atoms with E-state index in [1.54, 1.807) is 0 Å². The molecule has 5 nitrogen and oxygen atoms in total. The molecule has 2 N–H and O–H groups in total. The minimum Gasteiger partial charge on any atom is -0.389 e. The van der Waals surface area contributed by atoms with Crippen LogP contribution in [-0.4, -0.2) is 52.9 Å². The predicted molar refractivity (Wildman–Crippen MR) is 82.8 cm³/mol. The summed E-state index contributed by atoms with van der Waals surface area (Å²) in [6.45, 7) is 6.44. The first-order valence-corrected chi connectivity index (χ1v) is 7.18. The summed E-state index contributed by atoms with van der Waals surface area (Å²) < 4.78 is 1.87. The second-order valence-corrected chi connectivity index (χ2v) is 5.68. The molecule has 0 amide bonds. The van der Waals surface area contributed by atoms with Gasteiger partial charge in [-0.3, -0.25) is 4.68 Å². The molecule has 0 bridgehead atoms. The van der Waals surface area contributed by atoms with Crippen LogP contribution in [0.2, 0.25) is 0 Å². The number of nitrogens with zero attached hydrogens (tertiary/aromatic N) is 4. The van der Waals surface area contributed by atoms with Crippen molar-refractivity contribution in [2.45, 2.75) is 19.8 Å². The number of anilines is 1. The van der Waals surface area contributed by atoms with Gasteiger partial charge in [0.25, 0.3) is 0 Å². The molecule has 0 aliphatic carbocycles. The van der Waals surface area contributed by atoms with Gasteiger partial charge in [0, 0.05) is 27.2 Å². The van der Waals surface area contributed by atoms with E-state index in [9.17, 15) is 0 Å². The molecule has 1 aromatic heterocycles. The van der Waals surface area contributed by atoms with Crippen LogP contribution in [0.5, 0.6) is 0 Å². The van der Waals surface area contributed by atoms with Gasteiger partial charge in [-0.15, -0.1) is 0 Å². The van der Waals surface area contributed by atoms with Gasteiger partial charge < -0.3 is 15.5 Å². The van der Waals surface area contributed by atoms with Crippen LogP contribution in [0.25, 0.3) is 0 Å². The van der Waals surface area contributed by atoms with Crippen molar-refractivity contribution in [2.75, 3.05) is 38.1 Å². The Bertz CT molecular complexity index is 462. The van der Waals surface area contributed by atoms with Crippen LogP contribution in [0.1, 0.15) is 24.1 Å². The summed E-state index contributed by atoms with van der Waals surface area (Å²) in [6, 6.07) is 0. The third kappa shape index (κ3) is 3.06. The number of thiocarbonyl (C=S) groups is 1. The third-order valence-corrected chi connectivity index (χ3v) is 3.95. The summed E-state index contributed by atoms with van der Waals surface area (Å²) in [7, 11) is 4.02. The highest BCUT2D eigenvalue weighted by atomic mass is 32.1. The molecule has 1 fully saturated rings. The first-order valence-electron chi connectivity index (χ1n) is 6.77. The summed E-state index contributed by atoms with van der Waals surface area (Å²) in [5.74, 6) is 1.02. The van der Waals surface area contributed by atoms with E-state index >= 15 is 0 Å². The third-order valence-electron chi connectivity index (χ3n) is 3.75. The Balaban J connectivity index is 2.09. The van der Waals surface area contributed by atoms with Crippen LogP contribution >= 0.6 is 12.2 Å². The average molecular weight is 281 g/mol. The Morgan fingerprint density at radius 3 is 2.63 bits per heavy atom. The standard InChI is InChI=1S/C13H23N5S/c1-10-11(12(14)19)13(17(3)15-10)16(2)8-9-18-6-4-5-7-18/h4-9H2,1-3H3,(H2,14,19). The Kier molecular flexibility index (Phi) is 4.42. The van der Waals surface area contributed by atoms with Gasteiger partial charge in [0.2, 0.25) is 0 Å². The lowest BCUT2D eigenvalue weighted by Crippen LogP contribution is -2.33. The number of rotatable bonds is 5. The maximum Gasteiger partial charge on any atom is 0.136 e. The molecule has 6 heteroatoms. The summed E-state index contributed by atoms with van der Waals surface area (Å²) >= 11 is 5.15. The monoisotopic (exact) mass is 281 g/mol. The summed E-state index contributed by atoms with van der Waals surface area (Å²) in [5.41, 5.74) is 7.63. The fraction of sp³-hybridized carbons (Fsp3) is 0.692. The number of nitrogens with two attached hydrogens (primary N) is 1. The molecular formula is C13H23N5S. The second kappa shape index (κ2) is 5.88. The molecule has 2 rings (SSSR count). The highest BCUT2D eigenvalue weighted by Gasteiger charge is 2.20. The molecule has 1 saturated heterocycles. The van der Waals surface area contributed by atoms with Crippen LogP contribution < -0.4 is 10.6 Å². The van der Waals surface area contributed by atoms with Crippen LogP contribution in [0, 0.1) is 6.92 Å². The van der Waals surface area contributed by atoms with Gasteiger partial charge in [0.1, 0.15) is 10.8 Å². The fourth-order valence-electron chi connectivity index (χ4n) is 2.78. The number of likely N-dealkylation sites (N-methyl/N-ethyl adjacent to an activating group) is 1. The van der Waals surface area contributed by atoms with Crippen LogP contribution in [-0.2, 0) is 7.05 Å². The zero-order valence-corrected chi connectivity index (χ0v) is 12.8. The lowest BCUT2D eigenvalue weighted by atomic mass is 10.2. The minimum absolute atomic E-state index is 0.425. The summed E-state index contributed by atoms with van der Waals surface area (Å²) in [5, 5.41) is 4.43. The summed E-state index contributed by atoms with van der Waals surface area (Å²) in [6.07, 6.45) is 2.65. The van der Waals surface area contributed by atoms with E-state index < -0.39 is 0 Å². The van der Waals surface area contributed by atoms with Crippen molar-refractivity contribution in [1.29, 1.82) is 0 Å². The first-order chi connectivity index (χ1) is 9.00. The number of likely N-dealkylation sites (tertiary alicyclic amines) is 1. The van der Waals surface area contributed by atoms with E-state index in [2.05, 4.69) is 21.9 Å². The molecule has 0 unspecified atom stereocenters. The van der Waals surface area contributed by atoms with Gasteiger partial charge >= 0.3 is 0 Å². The maximum atomic E-state index is 5.83. The van der Waals surface area contributed by atoms with Gasteiger partial charge in [-0.1, -0.05) is 12.2 Å². The zero-order valence-electron chi connectivity index (χ0n) is 12.0. The molecule has 0 atom stereocenters. The lowest BCUT2D eigenvalue weighted by Gasteiger charge is -2.24. The van der Waals surface area contributed by atoms with Crippen LogP contribution in [0.15, 0.2) is 0 Å². The normalized spacial score (nSPS) is 15.9. The molecule has 19 heavy (non-hydrogen) atoms. The van der Waals surface area contributed by atoms with Gasteiger partial charge in [0.15, 0.2) is 0 Å². The highest BCUT2D eigenvalue weighted by molar-refractivity contribution is 7.80. The van der Waals surface area contributed by atoms with Crippen molar-refractivity contribution in [3.63, 3.8) is 0 Å². The van der Waals surface area contributed by atoms with E-state index in [1.165, 1.54) is 25.9 Å². The fourth-order valence-corrected chi connectivity index (χ4v) is 3.01. The number of hydrogen-bond donors (Lipinski definition) is 1. The quantitative estimate of drug-likeness (QED) is 0.813. The van der Waals surface area contributed by atoms with Crippen molar-refractivity contribution in [2.24, 2.45) is 12.8 Å². The predicted octanol–water partition coefficient (Wildman–Crippen LogP) is 0.895. The van der Waals surface area contributed by atoms with Gasteiger partial charge in [-0.25, -0.2) is 0 Å². The molecule has 0 spiro atoms. The van der Waals surface area contributed by atoms with Crippen LogP contribution in [0.3, 0.4) is 0 Å². The largest absolute Gasteiger partial charge is 0.389 e. The SMILES string of the molecule is Cc1nn(C)c(N(C)CCN2CCCC2)c1C(N)=S. The van der Waals surface area contributed by atoms with Crippen molar-refractivity contribution >= 4 is 23.0 Å². The average Bonchev–Trinajstić information content (AvgIpc) is 2.93. The Hall–Kier alpha value is -1.14. The zero-order chi connectivity index (χ0) is 14.0. The second-order valence-electron chi connectivity index (χ2n) is 5.24. The number of aryl methyl sites for hydroxylation is 2. The highest BCUT2D eigenvalue weighted by Crippen LogP contribution is 2.22. The molecule has 2 heterocycles. The first kappa shape index (κ1) is 14.3. The molecular weight excluding hydrogens is 258 g/mol. The van der Waals surface area contributed by atoms with Gasteiger partial charge in [-0.2, -0.15) is 5.10 Å². The van der Waals surface area contributed by atoms with Crippen molar-refractivity contribution in [3.8, 4) is 0 Å². The molecule has 106 valence electrons. The maximum absolute atomic E-state index is 5.83. The molecule has 1 aromatic rings. The molecule has 1 aliphatic heterocycles. The van der Waals surface area contributed by atoms with E-state index in [0.717, 1.165) is 30.2 Å². The Labute approximate surface area is 120 Å². The van der Waals surface area contributed by atoms with Gasteiger partial charge in [0.05, 0.1) is 11.3 Å². The topological polar surface area (TPSA) is 50.3 Å². The molecule has 0 aromatic carbocycles. The molecule has 0 saturated carbocycles. The van der Waals surface area contributed by atoms with E-state index in [1.807, 2.05) is 18.7 Å². The van der Waals surface area contributed by atoms with E-state index in [-0.39, 0.29) is 0 Å². The number of hydrogen-bond acceptors (Lipinski definition) is 4. The van der Waals surface area contributed by atoms with Crippen molar-refractivity contribution in [3.05, 3.63) is 11.3 Å². The van der Waals surface area contributed by atoms with E-state index in [4.69, 9.17) is 18.0 Å². The van der Waals surface area contributed by atoms with Crippen LogP contribution in [0.4, 0.5) is 5.82 Å². The smallest absolute Gasteiger partial charge is 0.136 e. The number of aromatic nitrogens is 2. The lowest BCUT2D eigenvalue weighted by molar-refractivity contribution is 0.346. The summed E-state index contributed by atoms with van der Waals surface area (Å²) in [4.78, 5) is 5.13. The van der Waals surface area contributed by atoms with Gasteiger partial charge in [-0.05, 0) is 32.9 Å². The Morgan fingerprint density at radius 1 is 1.42 bits per heavy atom. The minimum atomic E-state index is 0.425. The van der Waals surface area contributed by atoms with E-state index in [0.29, 0.717) is 4.99 Å². The Morgan fingerprint density at radius 2 is 2.05 bits per heavy atom.